The van der Waals surface area contributed by atoms with Crippen LogP contribution in [0.2, 0.25) is 0 Å². The van der Waals surface area contributed by atoms with E-state index in [-0.39, 0.29) is 29.6 Å². The molecule has 2 unspecified atom stereocenters. The van der Waals surface area contributed by atoms with E-state index in [1.54, 1.807) is 13.8 Å². The molecule has 16 heavy (non-hydrogen) atoms. The van der Waals surface area contributed by atoms with Crippen LogP contribution in [0.15, 0.2) is 0 Å². The molecule has 0 aromatic carbocycles. The molecule has 0 aromatic heterocycles. The van der Waals surface area contributed by atoms with Crippen LogP contribution in [0.25, 0.3) is 0 Å². The van der Waals surface area contributed by atoms with Crippen molar-refractivity contribution in [2.24, 2.45) is 16.7 Å². The molecule has 1 aliphatic carbocycles. The Morgan fingerprint density at radius 2 is 1.94 bits per heavy atom. The fourth-order valence-electron chi connectivity index (χ4n) is 2.77. The molecule has 1 fully saturated rings. The monoisotopic (exact) mass is 238 g/mol. The largest absolute Gasteiger partial charge is 1.00 e. The van der Waals surface area contributed by atoms with E-state index in [1.807, 2.05) is 6.92 Å². The molecule has 2 atom stereocenters. The van der Waals surface area contributed by atoms with Crippen molar-refractivity contribution in [3.8, 4) is 0 Å². The minimum Gasteiger partial charge on any atom is -0.550 e. The average Bonchev–Trinajstić information content (AvgIpc) is 2.63. The van der Waals surface area contributed by atoms with Crippen molar-refractivity contribution >= 4 is 11.9 Å². The normalized spacial score (nSPS) is 30.1. The minimum atomic E-state index is -1.26. The number of carboxylic acid groups (broad SMARTS) is 1. The Hall–Kier alpha value is -0.100. The Labute approximate surface area is 116 Å². The van der Waals surface area contributed by atoms with Crippen molar-refractivity contribution in [1.29, 1.82) is 0 Å². The van der Waals surface area contributed by atoms with E-state index in [0.29, 0.717) is 12.8 Å². The first-order valence-corrected chi connectivity index (χ1v) is 4.93. The smallest absolute Gasteiger partial charge is 0.550 e. The zero-order valence-electron chi connectivity index (χ0n) is 10.1. The predicted molar refractivity (Wildman–Crippen MR) is 48.3 cm³/mol. The summed E-state index contributed by atoms with van der Waals surface area (Å²) in [7, 11) is 0. The summed E-state index contributed by atoms with van der Waals surface area (Å²) in [4.78, 5) is 26.1. The van der Waals surface area contributed by atoms with Crippen LogP contribution < -0.4 is 34.7 Å². The van der Waals surface area contributed by atoms with Crippen LogP contribution in [0.5, 0.6) is 0 Å². The second kappa shape index (κ2) is 5.04. The summed E-state index contributed by atoms with van der Waals surface area (Å²) in [6.07, 6.45) is 1.01. The predicted octanol–water partition coefficient (Wildman–Crippen LogP) is -2.80. The summed E-state index contributed by atoms with van der Waals surface area (Å²) < 4.78 is 0. The molecule has 86 valence electrons. The molecule has 1 N–H and O–H groups in total. The van der Waals surface area contributed by atoms with Gasteiger partial charge in [-0.25, -0.2) is 4.79 Å². The van der Waals surface area contributed by atoms with E-state index < -0.39 is 28.7 Å². The van der Waals surface area contributed by atoms with Gasteiger partial charge in [-0.1, -0.05) is 27.2 Å². The van der Waals surface area contributed by atoms with Crippen LogP contribution >= 0.6 is 0 Å². The van der Waals surface area contributed by atoms with Crippen LogP contribution in [-0.2, 0) is 14.5 Å². The zero-order valence-corrected chi connectivity index (χ0v) is 12.1. The van der Waals surface area contributed by atoms with E-state index in [4.69, 9.17) is 5.26 Å². The summed E-state index contributed by atoms with van der Waals surface area (Å²) in [5.74, 6) is -3.02. The maximum Gasteiger partial charge on any atom is 1.00 e. The minimum absolute atomic E-state index is 0. The fourth-order valence-corrected chi connectivity index (χ4v) is 2.77. The summed E-state index contributed by atoms with van der Waals surface area (Å²) in [6, 6.07) is 0. The number of rotatable bonds is 4. The van der Waals surface area contributed by atoms with Crippen LogP contribution in [0.1, 0.15) is 33.6 Å². The second-order valence-electron chi connectivity index (χ2n) is 4.57. The van der Waals surface area contributed by atoms with Crippen molar-refractivity contribution in [2.75, 3.05) is 0 Å². The number of carbonyl (C=O) groups excluding carboxylic acids is 2. The van der Waals surface area contributed by atoms with Gasteiger partial charge in [0.1, 0.15) is 0 Å². The Morgan fingerprint density at radius 3 is 2.19 bits per heavy atom. The first-order chi connectivity index (χ1) is 6.86. The van der Waals surface area contributed by atoms with Gasteiger partial charge in [-0.3, -0.25) is 0 Å². The maximum atomic E-state index is 11.5. The van der Waals surface area contributed by atoms with Gasteiger partial charge in [-0.15, -0.1) is 0 Å². The van der Waals surface area contributed by atoms with Gasteiger partial charge in [0.2, 0.25) is 0 Å². The van der Waals surface area contributed by atoms with Crippen molar-refractivity contribution in [2.45, 2.75) is 33.6 Å². The third kappa shape index (κ3) is 1.90. The van der Waals surface area contributed by atoms with E-state index in [0.717, 1.165) is 0 Å². The molecule has 0 radical (unpaired) electrons. The van der Waals surface area contributed by atoms with Gasteiger partial charge >= 0.3 is 35.5 Å². The summed E-state index contributed by atoms with van der Waals surface area (Å²) in [5, 5.41) is 19.3. The van der Waals surface area contributed by atoms with Crippen LogP contribution in [-0.4, -0.2) is 17.2 Å². The van der Waals surface area contributed by atoms with Gasteiger partial charge in [0.15, 0.2) is 0 Å². The maximum absolute atomic E-state index is 11.5. The van der Waals surface area contributed by atoms with E-state index in [9.17, 15) is 14.7 Å². The van der Waals surface area contributed by atoms with E-state index >= 15 is 0 Å². The molecular formula is C10H15NaO5. The molecular weight excluding hydrogens is 223 g/mol. The van der Waals surface area contributed by atoms with Gasteiger partial charge in [-0.05, 0) is 11.8 Å². The van der Waals surface area contributed by atoms with Crippen LogP contribution in [0.3, 0.4) is 0 Å². The molecule has 1 saturated carbocycles. The average molecular weight is 238 g/mol. The molecule has 0 aromatic rings. The Morgan fingerprint density at radius 1 is 1.44 bits per heavy atom. The molecule has 0 spiro atoms. The van der Waals surface area contributed by atoms with Gasteiger partial charge in [0.05, 0.1) is 5.41 Å². The molecule has 5 nitrogen and oxygen atoms in total. The van der Waals surface area contributed by atoms with Gasteiger partial charge in [-0.2, -0.15) is 5.26 Å². The Bertz CT molecular complexity index is 302. The first-order valence-electron chi connectivity index (χ1n) is 4.93. The fraction of sp³-hybridized carbons (Fsp3) is 0.800. The van der Waals surface area contributed by atoms with Crippen molar-refractivity contribution < 1.29 is 54.4 Å². The number of hydrogen-bond acceptors (Lipinski definition) is 5. The standard InChI is InChI=1S/C10H16O5.Na/c1-4-5-10(8(13)15-14)6(7(11)12)9(10,2)3;/h6,14H,4-5H2,1-3H3,(H,11,12);/q;+1/p-1. The number of carbonyl (C=O) groups is 2. The molecule has 1 aliphatic rings. The summed E-state index contributed by atoms with van der Waals surface area (Å²) in [5.41, 5.74) is -1.85. The van der Waals surface area contributed by atoms with Gasteiger partial charge in [0.25, 0.3) is 0 Å². The number of aliphatic carboxylic acids is 1. The molecule has 0 saturated heterocycles. The topological polar surface area (TPSA) is 86.7 Å². The van der Waals surface area contributed by atoms with Crippen LogP contribution in [0.4, 0.5) is 0 Å². The van der Waals surface area contributed by atoms with Crippen LogP contribution in [0, 0.1) is 16.7 Å². The van der Waals surface area contributed by atoms with E-state index in [1.165, 1.54) is 0 Å². The third-order valence-electron chi connectivity index (χ3n) is 3.61. The molecule has 1 rings (SSSR count). The summed E-state index contributed by atoms with van der Waals surface area (Å²) >= 11 is 0. The van der Waals surface area contributed by atoms with Crippen molar-refractivity contribution in [1.82, 2.24) is 0 Å². The molecule has 6 heteroatoms. The second-order valence-corrected chi connectivity index (χ2v) is 4.57. The van der Waals surface area contributed by atoms with Crippen molar-refractivity contribution in [3.63, 3.8) is 0 Å². The number of hydrogen-bond donors (Lipinski definition) is 1. The van der Waals surface area contributed by atoms with Gasteiger partial charge in [0, 0.05) is 11.9 Å². The van der Waals surface area contributed by atoms with Crippen molar-refractivity contribution in [3.05, 3.63) is 0 Å². The number of carboxylic acids is 1. The zero-order chi connectivity index (χ0) is 11.9. The molecule has 0 amide bonds. The molecule has 0 heterocycles. The first kappa shape index (κ1) is 15.9. The quantitative estimate of drug-likeness (QED) is 0.325. The molecule has 0 bridgehead atoms. The Kier molecular flexibility index (Phi) is 5.01. The molecule has 0 aliphatic heterocycles. The van der Waals surface area contributed by atoms with Gasteiger partial charge < -0.3 is 14.8 Å². The third-order valence-corrected chi connectivity index (χ3v) is 3.61. The SMILES string of the molecule is CCCC1(C(=O)OO)C(C(=O)[O-])C1(C)C.[Na+]. The van der Waals surface area contributed by atoms with E-state index in [2.05, 4.69) is 4.89 Å². The Balaban J connectivity index is 0.00000225. The summed E-state index contributed by atoms with van der Waals surface area (Å²) in [6.45, 7) is 5.17.